The monoisotopic (exact) mass is 423 g/mol. The van der Waals surface area contributed by atoms with Crippen LogP contribution in [0.25, 0.3) is 11.3 Å². The van der Waals surface area contributed by atoms with Crippen LogP contribution < -0.4 is 15.8 Å². The maximum atomic E-state index is 13.5. The first-order valence-corrected chi connectivity index (χ1v) is 10.1. The molecule has 3 N–H and O–H groups in total. The normalized spacial score (nSPS) is 13.6. The van der Waals surface area contributed by atoms with Crippen LogP contribution in [-0.2, 0) is 17.9 Å². The van der Waals surface area contributed by atoms with Gasteiger partial charge in [-0.15, -0.1) is 0 Å². The maximum Gasteiger partial charge on any atom is 0.242 e. The molecule has 1 aliphatic heterocycles. The summed E-state index contributed by atoms with van der Waals surface area (Å²) in [5.74, 6) is 1.89. The maximum absolute atomic E-state index is 13.5. The van der Waals surface area contributed by atoms with Crippen LogP contribution in [0, 0.1) is 5.82 Å². The van der Waals surface area contributed by atoms with Crippen molar-refractivity contribution >= 4 is 17.4 Å². The van der Waals surface area contributed by atoms with Gasteiger partial charge in [0.1, 0.15) is 28.9 Å². The Morgan fingerprint density at radius 2 is 1.81 bits per heavy atom. The Hall–Kier alpha value is -3.39. The molecular formula is C23H26FN5O2. The highest BCUT2D eigenvalue weighted by molar-refractivity contribution is 5.85. The fourth-order valence-corrected chi connectivity index (χ4v) is 3.66. The molecule has 0 atom stereocenters. The van der Waals surface area contributed by atoms with Gasteiger partial charge in [0, 0.05) is 24.3 Å². The van der Waals surface area contributed by atoms with Crippen LogP contribution in [0.1, 0.15) is 19.7 Å². The number of amides is 1. The standard InChI is InChI=1S/C23H26FN5O2/c1-23(2,25)22(30)28-12-13-29-19(14-28)27-20(15-4-6-16(24)7-5-15)21(29)26-17-8-10-18(31-3)11-9-17/h4-11,26H,12-14,25H2,1-3H3. The molecule has 1 aromatic heterocycles. The van der Waals surface area contributed by atoms with E-state index in [9.17, 15) is 9.18 Å². The van der Waals surface area contributed by atoms with Crippen LogP contribution in [0.15, 0.2) is 48.5 Å². The minimum atomic E-state index is -0.946. The Morgan fingerprint density at radius 1 is 1.13 bits per heavy atom. The van der Waals surface area contributed by atoms with Crippen molar-refractivity contribution in [2.75, 3.05) is 19.0 Å². The van der Waals surface area contributed by atoms with Gasteiger partial charge in [-0.25, -0.2) is 9.37 Å². The van der Waals surface area contributed by atoms with E-state index in [1.54, 1.807) is 38.0 Å². The summed E-state index contributed by atoms with van der Waals surface area (Å²) in [7, 11) is 1.62. The van der Waals surface area contributed by atoms with E-state index in [-0.39, 0.29) is 11.7 Å². The van der Waals surface area contributed by atoms with Gasteiger partial charge in [-0.2, -0.15) is 0 Å². The van der Waals surface area contributed by atoms with E-state index in [0.29, 0.717) is 25.3 Å². The summed E-state index contributed by atoms with van der Waals surface area (Å²) in [5.41, 5.74) is 7.43. The van der Waals surface area contributed by atoms with Crippen molar-refractivity contribution in [2.45, 2.75) is 32.5 Å². The summed E-state index contributed by atoms with van der Waals surface area (Å²) in [6.07, 6.45) is 0. The number of nitrogens with two attached hydrogens (primary N) is 1. The van der Waals surface area contributed by atoms with Gasteiger partial charge in [0.05, 0.1) is 19.2 Å². The van der Waals surface area contributed by atoms with E-state index in [1.807, 2.05) is 24.3 Å². The summed E-state index contributed by atoms with van der Waals surface area (Å²) >= 11 is 0. The van der Waals surface area contributed by atoms with Crippen LogP contribution in [0.5, 0.6) is 5.75 Å². The highest BCUT2D eigenvalue weighted by atomic mass is 19.1. The van der Waals surface area contributed by atoms with Gasteiger partial charge >= 0.3 is 0 Å². The molecule has 0 unspecified atom stereocenters. The number of hydrogen-bond donors (Lipinski definition) is 2. The smallest absolute Gasteiger partial charge is 0.242 e. The van der Waals surface area contributed by atoms with Crippen molar-refractivity contribution in [3.63, 3.8) is 0 Å². The Labute approximate surface area is 180 Å². The predicted molar refractivity (Wildman–Crippen MR) is 118 cm³/mol. The summed E-state index contributed by atoms with van der Waals surface area (Å²) < 4.78 is 20.8. The number of halogens is 1. The van der Waals surface area contributed by atoms with Crippen LogP contribution >= 0.6 is 0 Å². The number of nitrogens with one attached hydrogen (secondary N) is 1. The van der Waals surface area contributed by atoms with Crippen molar-refractivity contribution in [3.05, 3.63) is 60.2 Å². The van der Waals surface area contributed by atoms with Crippen molar-refractivity contribution in [3.8, 4) is 17.0 Å². The Balaban J connectivity index is 1.73. The number of fused-ring (bicyclic) bond motifs is 1. The van der Waals surface area contributed by atoms with Gasteiger partial charge in [0.25, 0.3) is 0 Å². The van der Waals surface area contributed by atoms with E-state index in [4.69, 9.17) is 15.5 Å². The van der Waals surface area contributed by atoms with Crippen LogP contribution in [0.2, 0.25) is 0 Å². The lowest BCUT2D eigenvalue weighted by Gasteiger charge is -2.33. The van der Waals surface area contributed by atoms with Crippen LogP contribution in [0.3, 0.4) is 0 Å². The summed E-state index contributed by atoms with van der Waals surface area (Å²) in [6, 6.07) is 13.8. The molecule has 1 aliphatic rings. The second-order valence-electron chi connectivity index (χ2n) is 8.19. The Kier molecular flexibility index (Phi) is 5.41. The third-order valence-electron chi connectivity index (χ3n) is 5.28. The molecule has 8 heteroatoms. The van der Waals surface area contributed by atoms with E-state index in [0.717, 1.165) is 28.6 Å². The third-order valence-corrected chi connectivity index (χ3v) is 5.28. The van der Waals surface area contributed by atoms with Crippen LogP contribution in [0.4, 0.5) is 15.9 Å². The van der Waals surface area contributed by atoms with E-state index >= 15 is 0 Å². The van der Waals surface area contributed by atoms with Crippen molar-refractivity contribution < 1.29 is 13.9 Å². The number of carbonyl (C=O) groups is 1. The largest absolute Gasteiger partial charge is 0.497 e. The molecule has 162 valence electrons. The van der Waals surface area contributed by atoms with Gasteiger partial charge in [0.2, 0.25) is 5.91 Å². The molecule has 0 fully saturated rings. The number of anilines is 2. The van der Waals surface area contributed by atoms with Gasteiger partial charge in [-0.1, -0.05) is 0 Å². The number of imidazole rings is 1. The average molecular weight is 423 g/mol. The predicted octanol–water partition coefficient (Wildman–Crippen LogP) is 3.52. The van der Waals surface area contributed by atoms with Gasteiger partial charge in [-0.3, -0.25) is 4.79 Å². The zero-order valence-electron chi connectivity index (χ0n) is 17.9. The molecule has 3 aromatic rings. The third kappa shape index (κ3) is 4.25. The average Bonchev–Trinajstić information content (AvgIpc) is 3.11. The molecule has 0 bridgehead atoms. The number of hydrogen-bond acceptors (Lipinski definition) is 5. The number of carbonyl (C=O) groups excluding carboxylic acids is 1. The first-order valence-electron chi connectivity index (χ1n) is 10.1. The molecule has 0 saturated carbocycles. The molecule has 0 saturated heterocycles. The Bertz CT molecular complexity index is 1080. The second kappa shape index (κ2) is 8.03. The lowest BCUT2D eigenvalue weighted by atomic mass is 10.1. The zero-order valence-corrected chi connectivity index (χ0v) is 17.9. The first-order chi connectivity index (χ1) is 14.8. The molecule has 31 heavy (non-hydrogen) atoms. The molecule has 4 rings (SSSR count). The fourth-order valence-electron chi connectivity index (χ4n) is 3.66. The summed E-state index contributed by atoms with van der Waals surface area (Å²) in [6.45, 7) is 4.87. The minimum Gasteiger partial charge on any atom is -0.497 e. The number of ether oxygens (including phenoxy) is 1. The number of nitrogens with zero attached hydrogens (tertiary/aromatic N) is 3. The number of aromatic nitrogens is 2. The highest BCUT2D eigenvalue weighted by Crippen LogP contribution is 2.34. The Morgan fingerprint density at radius 3 is 2.42 bits per heavy atom. The SMILES string of the molecule is COc1ccc(Nc2c(-c3ccc(F)cc3)nc3n2CCN(C(=O)C(C)(C)N)C3)cc1. The highest BCUT2D eigenvalue weighted by Gasteiger charge is 2.32. The lowest BCUT2D eigenvalue weighted by molar-refractivity contribution is -0.137. The van der Waals surface area contributed by atoms with Gasteiger partial charge in [0.15, 0.2) is 0 Å². The molecular weight excluding hydrogens is 397 g/mol. The zero-order chi connectivity index (χ0) is 22.2. The molecule has 0 spiro atoms. The van der Waals surface area contributed by atoms with E-state index in [1.165, 1.54) is 12.1 Å². The summed E-state index contributed by atoms with van der Waals surface area (Å²) in [4.78, 5) is 19.2. The number of methoxy groups -OCH3 is 1. The summed E-state index contributed by atoms with van der Waals surface area (Å²) in [5, 5.41) is 3.44. The van der Waals surface area contributed by atoms with Crippen molar-refractivity contribution in [2.24, 2.45) is 5.73 Å². The number of benzene rings is 2. The van der Waals surface area contributed by atoms with Gasteiger partial charge < -0.3 is 25.3 Å². The molecule has 2 heterocycles. The quantitative estimate of drug-likeness (QED) is 0.656. The molecule has 0 radical (unpaired) electrons. The molecule has 7 nitrogen and oxygen atoms in total. The number of rotatable bonds is 5. The van der Waals surface area contributed by atoms with Gasteiger partial charge in [-0.05, 0) is 62.4 Å². The van der Waals surface area contributed by atoms with Crippen molar-refractivity contribution in [1.82, 2.24) is 14.5 Å². The second-order valence-corrected chi connectivity index (χ2v) is 8.19. The molecule has 2 aromatic carbocycles. The van der Waals surface area contributed by atoms with E-state index in [2.05, 4.69) is 9.88 Å². The topological polar surface area (TPSA) is 85.4 Å². The lowest BCUT2D eigenvalue weighted by Crippen LogP contribution is -2.52. The van der Waals surface area contributed by atoms with Crippen molar-refractivity contribution in [1.29, 1.82) is 0 Å². The molecule has 1 amide bonds. The van der Waals surface area contributed by atoms with Crippen LogP contribution in [-0.4, -0.2) is 39.6 Å². The fraction of sp³-hybridized carbons (Fsp3) is 0.304. The minimum absolute atomic E-state index is 0.116. The molecule has 0 aliphatic carbocycles. The first kappa shape index (κ1) is 20.9. The van der Waals surface area contributed by atoms with E-state index < -0.39 is 5.54 Å².